The van der Waals surface area contributed by atoms with Gasteiger partial charge in [-0.05, 0) is 24.6 Å². The van der Waals surface area contributed by atoms with E-state index in [1.165, 1.54) is 18.3 Å². The number of amides is 2. The summed E-state index contributed by atoms with van der Waals surface area (Å²) in [6.45, 7) is 1.47. The Morgan fingerprint density at radius 2 is 1.96 bits per heavy atom. The third-order valence-electron chi connectivity index (χ3n) is 3.94. The monoisotopic (exact) mass is 367 g/mol. The molecule has 0 saturated carbocycles. The zero-order valence-electron chi connectivity index (χ0n) is 12.8. The van der Waals surface area contributed by atoms with Gasteiger partial charge in [-0.1, -0.05) is 11.6 Å². The average Bonchev–Trinajstić information content (AvgIpc) is 2.78. The maximum atomic E-state index is 13.1. The molecule has 1 aromatic carbocycles. The lowest BCUT2D eigenvalue weighted by Gasteiger charge is -2.30. The quantitative estimate of drug-likeness (QED) is 0.872. The highest BCUT2D eigenvalue weighted by Gasteiger charge is 2.43. The minimum absolute atomic E-state index is 0.0976. The van der Waals surface area contributed by atoms with Crippen LogP contribution < -0.4 is 14.8 Å². The number of hydrogen-bond acceptors (Lipinski definition) is 4. The van der Waals surface area contributed by atoms with E-state index in [9.17, 15) is 13.6 Å². The molecule has 2 amide bonds. The number of rotatable bonds is 2. The Hall–Kier alpha value is -2.61. The lowest BCUT2D eigenvalue weighted by atomic mass is 10.1. The smallest absolute Gasteiger partial charge is 0.395 e. The van der Waals surface area contributed by atoms with Crippen LogP contribution in [0, 0.1) is 0 Å². The molecule has 25 heavy (non-hydrogen) atoms. The van der Waals surface area contributed by atoms with Crippen LogP contribution in [0.3, 0.4) is 0 Å². The number of halogens is 3. The first-order chi connectivity index (χ1) is 11.9. The number of benzene rings is 1. The van der Waals surface area contributed by atoms with Crippen molar-refractivity contribution in [3.05, 3.63) is 35.5 Å². The van der Waals surface area contributed by atoms with Crippen LogP contribution in [0.4, 0.5) is 19.4 Å². The Balaban J connectivity index is 1.55. The molecule has 1 fully saturated rings. The Labute approximate surface area is 146 Å². The number of urea groups is 1. The van der Waals surface area contributed by atoms with E-state index in [-0.39, 0.29) is 22.6 Å². The van der Waals surface area contributed by atoms with Gasteiger partial charge in [0.1, 0.15) is 5.82 Å². The predicted molar refractivity (Wildman–Crippen MR) is 86.1 cm³/mol. The van der Waals surface area contributed by atoms with Gasteiger partial charge in [0.25, 0.3) is 0 Å². The van der Waals surface area contributed by atoms with Gasteiger partial charge >= 0.3 is 12.3 Å². The molecule has 0 atom stereocenters. The van der Waals surface area contributed by atoms with Crippen LogP contribution in [0.15, 0.2) is 30.5 Å². The maximum Gasteiger partial charge on any atom is 0.586 e. The van der Waals surface area contributed by atoms with Crippen molar-refractivity contribution >= 4 is 23.4 Å². The maximum absolute atomic E-state index is 13.1. The van der Waals surface area contributed by atoms with E-state index >= 15 is 0 Å². The van der Waals surface area contributed by atoms with Gasteiger partial charge < -0.3 is 14.4 Å². The molecule has 3 heterocycles. The Morgan fingerprint density at radius 3 is 2.56 bits per heavy atom. The number of anilines is 1. The van der Waals surface area contributed by atoms with Crippen LogP contribution in [-0.2, 0) is 0 Å². The zero-order valence-corrected chi connectivity index (χ0v) is 13.5. The zero-order chi connectivity index (χ0) is 17.6. The highest BCUT2D eigenvalue weighted by molar-refractivity contribution is 6.33. The van der Waals surface area contributed by atoms with E-state index in [1.807, 2.05) is 0 Å². The van der Waals surface area contributed by atoms with Crippen molar-refractivity contribution in [1.82, 2.24) is 9.88 Å². The number of likely N-dealkylation sites (tertiary alicyclic amines) is 1. The van der Waals surface area contributed by atoms with Gasteiger partial charge in [0.2, 0.25) is 0 Å². The molecule has 0 radical (unpaired) electrons. The molecule has 1 N–H and O–H groups in total. The van der Waals surface area contributed by atoms with Crippen molar-refractivity contribution in [2.75, 3.05) is 18.4 Å². The molecule has 1 saturated heterocycles. The molecule has 0 aliphatic carbocycles. The highest BCUT2D eigenvalue weighted by atomic mass is 35.5. The van der Waals surface area contributed by atoms with Gasteiger partial charge in [-0.25, -0.2) is 9.78 Å². The first-order valence-electron chi connectivity index (χ1n) is 7.53. The van der Waals surface area contributed by atoms with Gasteiger partial charge in [-0.3, -0.25) is 5.32 Å². The van der Waals surface area contributed by atoms with E-state index < -0.39 is 6.29 Å². The fourth-order valence-corrected chi connectivity index (χ4v) is 2.79. The largest absolute Gasteiger partial charge is 0.586 e. The van der Waals surface area contributed by atoms with Gasteiger partial charge in [0.05, 0.1) is 5.02 Å². The second-order valence-corrected chi connectivity index (χ2v) is 6.06. The number of carbonyl (C=O) groups excluding carboxylic acids is 1. The van der Waals surface area contributed by atoms with E-state index in [0.29, 0.717) is 16.9 Å². The van der Waals surface area contributed by atoms with Crippen LogP contribution in [0.2, 0.25) is 5.02 Å². The fourth-order valence-electron chi connectivity index (χ4n) is 2.53. The molecule has 0 spiro atoms. The number of nitrogens with zero attached hydrogens (tertiary/aromatic N) is 2. The molecular weight excluding hydrogens is 356 g/mol. The number of carbonyl (C=O) groups is 1. The topological polar surface area (TPSA) is 63.7 Å². The SMILES string of the molecule is O=C(Nc1ccc(-c2cc3c(cc2Cl)OC(F)(F)O3)cn1)N1CCC1. The highest BCUT2D eigenvalue weighted by Crippen LogP contribution is 2.45. The first kappa shape index (κ1) is 15.9. The normalized spacial score (nSPS) is 17.2. The van der Waals surface area contributed by atoms with Gasteiger partial charge in [0.15, 0.2) is 11.5 Å². The number of nitrogens with one attached hydrogen (secondary N) is 1. The second-order valence-electron chi connectivity index (χ2n) is 5.65. The minimum atomic E-state index is -3.70. The molecule has 2 aromatic rings. The summed E-state index contributed by atoms with van der Waals surface area (Å²) in [6, 6.07) is 5.73. The van der Waals surface area contributed by atoms with Gasteiger partial charge in [0, 0.05) is 36.5 Å². The summed E-state index contributed by atoms with van der Waals surface area (Å²) in [4.78, 5) is 17.7. The summed E-state index contributed by atoms with van der Waals surface area (Å²) in [7, 11) is 0. The van der Waals surface area contributed by atoms with E-state index in [1.54, 1.807) is 17.0 Å². The molecular formula is C16H12ClF2N3O3. The molecule has 0 unspecified atom stereocenters. The number of fused-ring (bicyclic) bond motifs is 1. The van der Waals surface area contributed by atoms with Crippen LogP contribution in [0.1, 0.15) is 6.42 Å². The van der Waals surface area contributed by atoms with Crippen LogP contribution in [0.5, 0.6) is 11.5 Å². The van der Waals surface area contributed by atoms with Gasteiger partial charge in [-0.15, -0.1) is 8.78 Å². The molecule has 6 nitrogen and oxygen atoms in total. The van der Waals surface area contributed by atoms with E-state index in [0.717, 1.165) is 19.5 Å². The molecule has 130 valence electrons. The van der Waals surface area contributed by atoms with Crippen molar-refractivity contribution in [1.29, 1.82) is 0 Å². The lowest BCUT2D eigenvalue weighted by molar-refractivity contribution is -0.286. The summed E-state index contributed by atoms with van der Waals surface area (Å²) in [5.74, 6) is 0.175. The number of aromatic nitrogens is 1. The number of hydrogen-bond donors (Lipinski definition) is 1. The Bertz CT molecular complexity index is 841. The molecule has 2 aliphatic rings. The fraction of sp³-hybridized carbons (Fsp3) is 0.250. The van der Waals surface area contributed by atoms with Crippen molar-refractivity contribution in [2.45, 2.75) is 12.7 Å². The number of alkyl halides is 2. The molecule has 0 bridgehead atoms. The minimum Gasteiger partial charge on any atom is -0.395 e. The lowest BCUT2D eigenvalue weighted by Crippen LogP contribution is -2.44. The third-order valence-corrected chi connectivity index (χ3v) is 4.26. The first-order valence-corrected chi connectivity index (χ1v) is 7.91. The molecule has 2 aliphatic heterocycles. The van der Waals surface area contributed by atoms with Crippen molar-refractivity contribution in [3.8, 4) is 22.6 Å². The van der Waals surface area contributed by atoms with Crippen LogP contribution >= 0.6 is 11.6 Å². The number of pyridine rings is 1. The second kappa shape index (κ2) is 5.73. The van der Waals surface area contributed by atoms with E-state index in [2.05, 4.69) is 19.8 Å². The standard InChI is InChI=1S/C16H12ClF2N3O3/c17-11-7-13-12(24-16(18,19)25-13)6-10(11)9-2-3-14(20-8-9)21-15(23)22-4-1-5-22/h2-3,6-8H,1,4-5H2,(H,20,21,23). The summed E-state index contributed by atoms with van der Waals surface area (Å²) < 4.78 is 35.1. The van der Waals surface area contributed by atoms with Crippen molar-refractivity contribution < 1.29 is 23.0 Å². The summed E-state index contributed by atoms with van der Waals surface area (Å²) >= 11 is 6.14. The Kier molecular flexibility index (Phi) is 3.64. The summed E-state index contributed by atoms with van der Waals surface area (Å²) in [5.41, 5.74) is 1.06. The van der Waals surface area contributed by atoms with Gasteiger partial charge in [-0.2, -0.15) is 0 Å². The molecule has 9 heteroatoms. The Morgan fingerprint density at radius 1 is 1.24 bits per heavy atom. The summed E-state index contributed by atoms with van der Waals surface area (Å²) in [5, 5.41) is 2.91. The van der Waals surface area contributed by atoms with Crippen molar-refractivity contribution in [3.63, 3.8) is 0 Å². The number of ether oxygens (including phenoxy) is 2. The molecule has 1 aromatic heterocycles. The average molecular weight is 368 g/mol. The summed E-state index contributed by atoms with van der Waals surface area (Å²) in [6.07, 6.45) is -1.21. The van der Waals surface area contributed by atoms with Crippen LogP contribution in [-0.4, -0.2) is 35.3 Å². The van der Waals surface area contributed by atoms with Crippen molar-refractivity contribution in [2.24, 2.45) is 0 Å². The predicted octanol–water partition coefficient (Wildman–Crippen LogP) is 3.96. The van der Waals surface area contributed by atoms with Crippen LogP contribution in [0.25, 0.3) is 11.1 Å². The van der Waals surface area contributed by atoms with E-state index in [4.69, 9.17) is 11.6 Å². The third kappa shape index (κ3) is 3.05. The molecule has 4 rings (SSSR count).